The van der Waals surface area contributed by atoms with Gasteiger partial charge in [0.1, 0.15) is 6.54 Å². The molecule has 2 aliphatic carbocycles. The second kappa shape index (κ2) is 9.52. The van der Waals surface area contributed by atoms with Crippen LogP contribution in [-0.4, -0.2) is 53.6 Å². The van der Waals surface area contributed by atoms with E-state index in [0.717, 1.165) is 26.8 Å². The number of anilines is 1. The molecule has 7 rings (SSSR count). The van der Waals surface area contributed by atoms with E-state index in [-0.39, 0.29) is 52.2 Å². The molecule has 3 heterocycles. The number of rotatable bonds is 6. The van der Waals surface area contributed by atoms with Crippen LogP contribution >= 0.6 is 23.1 Å². The van der Waals surface area contributed by atoms with E-state index in [2.05, 4.69) is 10.3 Å². The van der Waals surface area contributed by atoms with Crippen LogP contribution in [0.2, 0.25) is 0 Å². The third-order valence-corrected chi connectivity index (χ3v) is 11.5. The number of nitrogens with zero attached hydrogens (tertiary/aromatic N) is 1. The van der Waals surface area contributed by atoms with Crippen molar-refractivity contribution in [3.05, 3.63) is 68.6 Å². The van der Waals surface area contributed by atoms with E-state index in [1.54, 1.807) is 38.1 Å². The molecule has 2 N–H and O–H groups in total. The molecular formula is C29H27N3O6S2. The summed E-state index contributed by atoms with van der Waals surface area (Å²) in [4.78, 5) is 57.7. The predicted octanol–water partition coefficient (Wildman–Crippen LogP) is 3.57. The van der Waals surface area contributed by atoms with Crippen LogP contribution in [0.3, 0.4) is 0 Å². The van der Waals surface area contributed by atoms with E-state index in [0.29, 0.717) is 17.2 Å². The van der Waals surface area contributed by atoms with Crippen molar-refractivity contribution in [2.75, 3.05) is 26.1 Å². The zero-order valence-electron chi connectivity index (χ0n) is 21.8. The first-order valence-corrected chi connectivity index (χ1v) is 14.9. The number of H-pyrrole nitrogens is 1. The van der Waals surface area contributed by atoms with Gasteiger partial charge in [0.15, 0.2) is 11.5 Å². The molecule has 3 amide bonds. The summed E-state index contributed by atoms with van der Waals surface area (Å²) in [5, 5.41) is 3.69. The van der Waals surface area contributed by atoms with Gasteiger partial charge in [0.2, 0.25) is 17.7 Å². The molecule has 0 radical (unpaired) electrons. The van der Waals surface area contributed by atoms with Gasteiger partial charge in [-0.1, -0.05) is 35.6 Å². The molecule has 4 aliphatic rings. The van der Waals surface area contributed by atoms with Crippen molar-refractivity contribution in [3.63, 3.8) is 0 Å². The van der Waals surface area contributed by atoms with Gasteiger partial charge in [-0.3, -0.25) is 24.1 Å². The number of aromatic nitrogens is 1. The molecule has 9 nitrogen and oxygen atoms in total. The Morgan fingerprint density at radius 1 is 1.00 bits per heavy atom. The third kappa shape index (κ3) is 3.74. The van der Waals surface area contributed by atoms with Crippen LogP contribution < -0.4 is 19.7 Å². The summed E-state index contributed by atoms with van der Waals surface area (Å²) in [7, 11) is 3.18. The lowest BCUT2D eigenvalue weighted by molar-refractivity contribution is -0.143. The number of ether oxygens (including phenoxy) is 2. The molecule has 40 heavy (non-hydrogen) atoms. The highest BCUT2D eigenvalue weighted by Crippen LogP contribution is 2.68. The maximum atomic E-state index is 13.8. The maximum absolute atomic E-state index is 13.8. The summed E-state index contributed by atoms with van der Waals surface area (Å²) in [6, 6.07) is 14.8. The molecular weight excluding hydrogens is 550 g/mol. The average Bonchev–Trinajstić information content (AvgIpc) is 3.69. The number of thiazole rings is 1. The Hall–Kier alpha value is -3.57. The second-order valence-electron chi connectivity index (χ2n) is 10.8. The van der Waals surface area contributed by atoms with Gasteiger partial charge in [0, 0.05) is 21.7 Å². The van der Waals surface area contributed by atoms with Crippen LogP contribution in [0.25, 0.3) is 0 Å². The molecule has 1 saturated heterocycles. The number of amides is 3. The molecule has 1 aromatic heterocycles. The number of carbonyl (C=O) groups excluding carboxylic acids is 3. The Bertz CT molecular complexity index is 1590. The van der Waals surface area contributed by atoms with Gasteiger partial charge in [-0.05, 0) is 54.0 Å². The number of thioether (sulfide) groups is 1. The first-order chi connectivity index (χ1) is 19.4. The number of imide groups is 1. The molecule has 2 aromatic carbocycles. The number of methoxy groups -OCH3 is 2. The third-order valence-electron chi connectivity index (χ3n) is 8.94. The number of nitrogens with one attached hydrogen (secondary N) is 2. The van der Waals surface area contributed by atoms with Gasteiger partial charge in [0.05, 0.1) is 31.1 Å². The van der Waals surface area contributed by atoms with E-state index < -0.39 is 17.7 Å². The summed E-state index contributed by atoms with van der Waals surface area (Å²) >= 11 is 2.84. The number of hydrogen-bond acceptors (Lipinski definition) is 8. The summed E-state index contributed by atoms with van der Waals surface area (Å²) in [5.41, 5.74) is 1.61. The van der Waals surface area contributed by atoms with E-state index >= 15 is 0 Å². The quantitative estimate of drug-likeness (QED) is 0.430. The Balaban J connectivity index is 1.22. The second-order valence-corrected chi connectivity index (χ2v) is 13.0. The minimum atomic E-state index is -0.455. The lowest BCUT2D eigenvalue weighted by Gasteiger charge is -2.43. The molecule has 2 saturated carbocycles. The van der Waals surface area contributed by atoms with E-state index in [1.807, 2.05) is 36.4 Å². The molecule has 0 spiro atoms. The van der Waals surface area contributed by atoms with Gasteiger partial charge in [-0.15, -0.1) is 11.8 Å². The summed E-state index contributed by atoms with van der Waals surface area (Å²) in [6.07, 6.45) is 0.780. The SMILES string of the molecule is COc1ccc([C@@H]2c3sc(=O)[nH]c3S[C@@H]3[C@H]4C[C@@H]([C@@H]5C(=O)N(CC(=O)Nc6ccccc6)C(=O)[C@H]45)[C@@H]23)cc1OC. The molecule has 3 fully saturated rings. The number of fused-ring (bicyclic) bond motifs is 9. The molecule has 3 aromatic rings. The van der Waals surface area contributed by atoms with Crippen LogP contribution in [0.4, 0.5) is 5.69 Å². The van der Waals surface area contributed by atoms with Crippen LogP contribution in [0.15, 0.2) is 58.4 Å². The topological polar surface area (TPSA) is 118 Å². The highest BCUT2D eigenvalue weighted by molar-refractivity contribution is 8.00. The van der Waals surface area contributed by atoms with Gasteiger partial charge in [-0.2, -0.15) is 0 Å². The number of hydrogen-bond donors (Lipinski definition) is 2. The van der Waals surface area contributed by atoms with Crippen molar-refractivity contribution in [1.29, 1.82) is 0 Å². The van der Waals surface area contributed by atoms with Crippen LogP contribution in [-0.2, 0) is 14.4 Å². The van der Waals surface area contributed by atoms with Crippen molar-refractivity contribution in [2.45, 2.75) is 22.6 Å². The molecule has 2 aliphatic heterocycles. The highest BCUT2D eigenvalue weighted by atomic mass is 32.2. The number of para-hydroxylation sites is 1. The van der Waals surface area contributed by atoms with Crippen LogP contribution in [0.5, 0.6) is 11.5 Å². The van der Waals surface area contributed by atoms with Crippen molar-refractivity contribution in [1.82, 2.24) is 9.88 Å². The van der Waals surface area contributed by atoms with Gasteiger partial charge in [0.25, 0.3) is 0 Å². The lowest BCUT2D eigenvalue weighted by atomic mass is 9.68. The average molecular weight is 578 g/mol. The molecule has 0 unspecified atom stereocenters. The van der Waals surface area contributed by atoms with Crippen molar-refractivity contribution < 1.29 is 23.9 Å². The van der Waals surface area contributed by atoms with E-state index in [1.165, 1.54) is 11.3 Å². The number of aromatic amines is 1. The first kappa shape index (κ1) is 25.4. The summed E-state index contributed by atoms with van der Waals surface area (Å²) < 4.78 is 11.0. The molecule has 2 bridgehead atoms. The summed E-state index contributed by atoms with van der Waals surface area (Å²) in [6.45, 7) is -0.290. The Morgan fingerprint density at radius 3 is 2.45 bits per heavy atom. The fourth-order valence-electron chi connectivity index (χ4n) is 7.52. The fraction of sp³-hybridized carbons (Fsp3) is 0.379. The standard InChI is InChI=1S/C29H27N3O6S2/c1-37-17-9-8-13(10-18(17)38-2)20-21-15-11-16(24(21)39-26-25(20)40-29(36)31-26)23-22(15)27(34)32(28(23)35)12-19(33)30-14-6-4-3-5-7-14/h3-10,15-16,20-24H,11-12H2,1-2H3,(H,30,33)(H,31,36)/t15-,16+,20+,21+,22+,23-,24-/m1/s1. The normalized spacial score (nSPS) is 29.6. The fourth-order valence-corrected chi connectivity index (χ4v) is 10.4. The van der Waals surface area contributed by atoms with Crippen molar-refractivity contribution in [3.8, 4) is 11.5 Å². The largest absolute Gasteiger partial charge is 0.493 e. The Kier molecular flexibility index (Phi) is 6.04. The Morgan fingerprint density at radius 2 is 1.73 bits per heavy atom. The van der Waals surface area contributed by atoms with Crippen molar-refractivity contribution in [2.24, 2.45) is 29.6 Å². The van der Waals surface area contributed by atoms with E-state index in [4.69, 9.17) is 9.47 Å². The van der Waals surface area contributed by atoms with Gasteiger partial charge >= 0.3 is 4.87 Å². The zero-order chi connectivity index (χ0) is 27.7. The minimum Gasteiger partial charge on any atom is -0.493 e. The molecule has 11 heteroatoms. The first-order valence-electron chi connectivity index (χ1n) is 13.2. The summed E-state index contributed by atoms with van der Waals surface area (Å²) in [5.74, 6) is -0.690. The smallest absolute Gasteiger partial charge is 0.305 e. The number of carbonyl (C=O) groups is 3. The monoisotopic (exact) mass is 577 g/mol. The number of benzene rings is 2. The highest BCUT2D eigenvalue weighted by Gasteiger charge is 2.69. The van der Waals surface area contributed by atoms with Crippen molar-refractivity contribution >= 4 is 46.5 Å². The molecule has 7 atom stereocenters. The predicted molar refractivity (Wildman–Crippen MR) is 150 cm³/mol. The lowest BCUT2D eigenvalue weighted by Crippen LogP contribution is -2.42. The van der Waals surface area contributed by atoms with Gasteiger partial charge in [-0.25, -0.2) is 0 Å². The molecule has 206 valence electrons. The van der Waals surface area contributed by atoms with Gasteiger partial charge < -0.3 is 19.8 Å². The van der Waals surface area contributed by atoms with Crippen LogP contribution in [0.1, 0.15) is 22.8 Å². The zero-order valence-corrected chi connectivity index (χ0v) is 23.4. The minimum absolute atomic E-state index is 0.0113. The maximum Gasteiger partial charge on any atom is 0.305 e. The Labute approximate surface area is 238 Å². The van der Waals surface area contributed by atoms with E-state index in [9.17, 15) is 19.2 Å². The number of likely N-dealkylation sites (tertiary alicyclic amines) is 1. The van der Waals surface area contributed by atoms with Crippen LogP contribution in [0, 0.1) is 29.6 Å².